The molecule has 2 aromatic rings. The molecule has 4 nitrogen and oxygen atoms in total. The predicted octanol–water partition coefficient (Wildman–Crippen LogP) is 5.79. The van der Waals surface area contributed by atoms with Gasteiger partial charge in [0.1, 0.15) is 5.75 Å². The summed E-state index contributed by atoms with van der Waals surface area (Å²) in [4.78, 5) is 0.281. The van der Waals surface area contributed by atoms with Crippen molar-refractivity contribution in [3.05, 3.63) is 54.1 Å². The zero-order chi connectivity index (χ0) is 19.5. The van der Waals surface area contributed by atoms with Crippen LogP contribution in [0.15, 0.2) is 53.4 Å². The van der Waals surface area contributed by atoms with E-state index in [1.54, 1.807) is 36.4 Å². The molecule has 5 heteroatoms. The van der Waals surface area contributed by atoms with Gasteiger partial charge in [0.15, 0.2) is 0 Å². The summed E-state index contributed by atoms with van der Waals surface area (Å²) in [6.45, 7) is 4.98. The van der Waals surface area contributed by atoms with Gasteiger partial charge in [-0.15, -0.1) is 0 Å². The maximum atomic E-state index is 12.6. The maximum Gasteiger partial charge on any atom is 0.261 e. The zero-order valence-electron chi connectivity index (χ0n) is 16.4. The van der Waals surface area contributed by atoms with Crippen molar-refractivity contribution in [1.29, 1.82) is 0 Å². The second kappa shape index (κ2) is 11.0. The molecule has 0 saturated heterocycles. The molecular weight excluding hydrogens is 358 g/mol. The van der Waals surface area contributed by atoms with Gasteiger partial charge in [-0.05, 0) is 61.2 Å². The largest absolute Gasteiger partial charge is 0.494 e. The molecule has 0 atom stereocenters. The topological polar surface area (TPSA) is 55.4 Å². The molecule has 0 aliphatic carbocycles. The first kappa shape index (κ1) is 21.3. The highest BCUT2D eigenvalue weighted by atomic mass is 32.2. The van der Waals surface area contributed by atoms with Gasteiger partial charge >= 0.3 is 0 Å². The lowest BCUT2D eigenvalue weighted by molar-refractivity contribution is 0.309. The number of anilines is 1. The van der Waals surface area contributed by atoms with Crippen LogP contribution in [0.4, 0.5) is 5.69 Å². The lowest BCUT2D eigenvalue weighted by Gasteiger charge is -2.10. The monoisotopic (exact) mass is 389 g/mol. The molecule has 0 amide bonds. The fourth-order valence-electron chi connectivity index (χ4n) is 2.76. The minimum Gasteiger partial charge on any atom is -0.494 e. The number of aryl methyl sites for hydroxylation is 1. The highest BCUT2D eigenvalue weighted by Gasteiger charge is 2.14. The Balaban J connectivity index is 1.93. The summed E-state index contributed by atoms with van der Waals surface area (Å²) in [5.74, 6) is 0.749. The quantitative estimate of drug-likeness (QED) is 0.468. The zero-order valence-corrected chi connectivity index (χ0v) is 17.2. The number of rotatable bonds is 12. The SMILES string of the molecule is CCCCCCc1ccc(S(=O)(=O)Nc2ccc(OCCCC)cc2)cc1. The van der Waals surface area contributed by atoms with Crippen LogP contribution in [0.25, 0.3) is 0 Å². The average molecular weight is 390 g/mol. The maximum absolute atomic E-state index is 12.6. The standard InChI is InChI=1S/C22H31NO3S/c1-3-5-7-8-9-19-10-16-22(17-11-19)27(24,25)23-20-12-14-21(15-13-20)26-18-6-4-2/h10-17,23H,3-9,18H2,1-2H3. The van der Waals surface area contributed by atoms with E-state index in [2.05, 4.69) is 18.6 Å². The third-order valence-corrected chi connectivity index (χ3v) is 5.82. The Bertz CT molecular complexity index is 768. The van der Waals surface area contributed by atoms with Crippen LogP contribution in [0.1, 0.15) is 57.9 Å². The third kappa shape index (κ3) is 7.25. The van der Waals surface area contributed by atoms with Gasteiger partial charge in [0.25, 0.3) is 10.0 Å². The normalized spacial score (nSPS) is 11.3. The number of nitrogens with one attached hydrogen (secondary N) is 1. The molecule has 0 aliphatic rings. The Hall–Kier alpha value is -2.01. The van der Waals surface area contributed by atoms with Crippen molar-refractivity contribution >= 4 is 15.7 Å². The van der Waals surface area contributed by atoms with Crippen molar-refractivity contribution in [2.45, 2.75) is 63.7 Å². The van der Waals surface area contributed by atoms with E-state index in [1.807, 2.05) is 12.1 Å². The van der Waals surface area contributed by atoms with Gasteiger partial charge in [0.2, 0.25) is 0 Å². The molecule has 0 spiro atoms. The molecule has 27 heavy (non-hydrogen) atoms. The first-order valence-corrected chi connectivity index (χ1v) is 11.4. The fraction of sp³-hybridized carbons (Fsp3) is 0.455. The first-order chi connectivity index (χ1) is 13.0. The second-order valence-corrected chi connectivity index (χ2v) is 8.47. The molecule has 0 aliphatic heterocycles. The molecule has 0 saturated carbocycles. The molecule has 0 heterocycles. The van der Waals surface area contributed by atoms with Crippen LogP contribution in [-0.2, 0) is 16.4 Å². The number of benzene rings is 2. The molecule has 2 aromatic carbocycles. The van der Waals surface area contributed by atoms with E-state index in [0.29, 0.717) is 12.3 Å². The highest BCUT2D eigenvalue weighted by molar-refractivity contribution is 7.92. The van der Waals surface area contributed by atoms with E-state index in [1.165, 1.54) is 24.8 Å². The third-order valence-electron chi connectivity index (χ3n) is 4.43. The van der Waals surface area contributed by atoms with E-state index >= 15 is 0 Å². The molecular formula is C22H31NO3S. The Kier molecular flexibility index (Phi) is 8.65. The number of hydrogen-bond donors (Lipinski definition) is 1. The van der Waals surface area contributed by atoms with Crippen LogP contribution in [-0.4, -0.2) is 15.0 Å². The van der Waals surface area contributed by atoms with Crippen LogP contribution in [0.2, 0.25) is 0 Å². The number of sulfonamides is 1. The van der Waals surface area contributed by atoms with Gasteiger partial charge in [-0.3, -0.25) is 4.72 Å². The smallest absolute Gasteiger partial charge is 0.261 e. The summed E-state index contributed by atoms with van der Waals surface area (Å²) in [7, 11) is -3.58. The molecule has 0 unspecified atom stereocenters. The van der Waals surface area contributed by atoms with Crippen molar-refractivity contribution < 1.29 is 13.2 Å². The van der Waals surface area contributed by atoms with Gasteiger partial charge in [-0.1, -0.05) is 51.7 Å². The number of ether oxygens (including phenoxy) is 1. The molecule has 0 radical (unpaired) electrons. The van der Waals surface area contributed by atoms with Crippen molar-refractivity contribution in [2.24, 2.45) is 0 Å². The lowest BCUT2D eigenvalue weighted by Crippen LogP contribution is -2.12. The second-order valence-electron chi connectivity index (χ2n) is 6.79. The van der Waals surface area contributed by atoms with Gasteiger partial charge < -0.3 is 4.74 Å². The van der Waals surface area contributed by atoms with Gasteiger partial charge in [-0.25, -0.2) is 8.42 Å². The van der Waals surface area contributed by atoms with Crippen LogP contribution in [0, 0.1) is 0 Å². The average Bonchev–Trinajstić information content (AvgIpc) is 2.67. The van der Waals surface area contributed by atoms with E-state index in [0.717, 1.165) is 31.4 Å². The Morgan fingerprint density at radius 2 is 1.48 bits per heavy atom. The van der Waals surface area contributed by atoms with Crippen LogP contribution >= 0.6 is 0 Å². The van der Waals surface area contributed by atoms with Crippen molar-refractivity contribution in [3.8, 4) is 5.75 Å². The minimum atomic E-state index is -3.58. The summed E-state index contributed by atoms with van der Waals surface area (Å²) in [5, 5.41) is 0. The number of hydrogen-bond acceptors (Lipinski definition) is 3. The molecule has 0 aromatic heterocycles. The van der Waals surface area contributed by atoms with Crippen LogP contribution in [0.3, 0.4) is 0 Å². The van der Waals surface area contributed by atoms with E-state index < -0.39 is 10.0 Å². The fourth-order valence-corrected chi connectivity index (χ4v) is 3.82. The summed E-state index contributed by atoms with van der Waals surface area (Å²) in [6, 6.07) is 14.2. The van der Waals surface area contributed by atoms with E-state index in [-0.39, 0.29) is 4.90 Å². The summed E-state index contributed by atoms with van der Waals surface area (Å²) in [5.41, 5.74) is 1.71. The Morgan fingerprint density at radius 1 is 0.815 bits per heavy atom. The Morgan fingerprint density at radius 3 is 2.11 bits per heavy atom. The van der Waals surface area contributed by atoms with Crippen molar-refractivity contribution in [3.63, 3.8) is 0 Å². The molecule has 0 bridgehead atoms. The van der Waals surface area contributed by atoms with Crippen LogP contribution < -0.4 is 9.46 Å². The lowest BCUT2D eigenvalue weighted by atomic mass is 10.1. The summed E-state index contributed by atoms with van der Waals surface area (Å²) >= 11 is 0. The van der Waals surface area contributed by atoms with E-state index in [9.17, 15) is 8.42 Å². The van der Waals surface area contributed by atoms with Crippen molar-refractivity contribution in [1.82, 2.24) is 0 Å². The number of unbranched alkanes of at least 4 members (excludes halogenated alkanes) is 4. The minimum absolute atomic E-state index is 0.281. The molecule has 148 valence electrons. The highest BCUT2D eigenvalue weighted by Crippen LogP contribution is 2.20. The van der Waals surface area contributed by atoms with Gasteiger partial charge in [0.05, 0.1) is 11.5 Å². The van der Waals surface area contributed by atoms with E-state index in [4.69, 9.17) is 4.74 Å². The van der Waals surface area contributed by atoms with Gasteiger partial charge in [-0.2, -0.15) is 0 Å². The molecule has 0 fully saturated rings. The van der Waals surface area contributed by atoms with Crippen LogP contribution in [0.5, 0.6) is 5.75 Å². The van der Waals surface area contributed by atoms with Crippen molar-refractivity contribution in [2.75, 3.05) is 11.3 Å². The Labute approximate surface area is 164 Å². The molecule has 1 N–H and O–H groups in total. The summed E-state index contributed by atoms with van der Waals surface area (Å²) in [6.07, 6.45) is 7.90. The van der Waals surface area contributed by atoms with Gasteiger partial charge in [0, 0.05) is 5.69 Å². The first-order valence-electron chi connectivity index (χ1n) is 9.89. The molecule has 2 rings (SSSR count). The summed E-state index contributed by atoms with van der Waals surface area (Å²) < 4.78 is 33.4. The predicted molar refractivity (Wildman–Crippen MR) is 112 cm³/mol.